The van der Waals surface area contributed by atoms with E-state index in [1.165, 1.54) is 25.7 Å². The van der Waals surface area contributed by atoms with E-state index in [-0.39, 0.29) is 0 Å². The maximum atomic E-state index is 9.02. The van der Waals surface area contributed by atoms with Gasteiger partial charge in [0.1, 0.15) is 5.54 Å². The molecule has 3 nitrogen and oxygen atoms in total. The minimum absolute atomic E-state index is 0.634. The highest BCUT2D eigenvalue weighted by molar-refractivity contribution is 5.04. The van der Waals surface area contributed by atoms with E-state index in [9.17, 15) is 0 Å². The highest BCUT2D eigenvalue weighted by Gasteiger charge is 2.29. The maximum Gasteiger partial charge on any atom is 0.114 e. The molecule has 0 aromatic rings. The highest BCUT2D eigenvalue weighted by atomic mass is 15.2. The second-order valence-corrected chi connectivity index (χ2v) is 5.79. The molecule has 0 bridgehead atoms. The Kier molecular flexibility index (Phi) is 4.76. The molecule has 16 heavy (non-hydrogen) atoms. The molecule has 0 aromatic carbocycles. The zero-order valence-corrected chi connectivity index (χ0v) is 10.9. The van der Waals surface area contributed by atoms with Crippen molar-refractivity contribution in [3.05, 3.63) is 0 Å². The van der Waals surface area contributed by atoms with Crippen LogP contribution in [-0.2, 0) is 0 Å². The van der Waals surface area contributed by atoms with Crippen LogP contribution in [0.5, 0.6) is 0 Å². The van der Waals surface area contributed by atoms with E-state index >= 15 is 0 Å². The smallest absolute Gasteiger partial charge is 0.114 e. The zero-order valence-electron chi connectivity index (χ0n) is 10.9. The second kappa shape index (κ2) is 5.65. The summed E-state index contributed by atoms with van der Waals surface area (Å²) in [5.74, 6) is 0.634. The van der Waals surface area contributed by atoms with E-state index in [4.69, 9.17) is 11.0 Å². The highest BCUT2D eigenvalue weighted by Crippen LogP contribution is 2.25. The lowest BCUT2D eigenvalue weighted by molar-refractivity contribution is 0.156. The molecule has 1 unspecified atom stereocenters. The van der Waals surface area contributed by atoms with Crippen molar-refractivity contribution in [2.24, 2.45) is 11.7 Å². The molecular weight excluding hydrogens is 198 g/mol. The van der Waals surface area contributed by atoms with Gasteiger partial charge in [0.05, 0.1) is 6.07 Å². The number of hydrogen-bond donors (Lipinski definition) is 1. The van der Waals surface area contributed by atoms with Gasteiger partial charge < -0.3 is 5.73 Å². The van der Waals surface area contributed by atoms with Gasteiger partial charge >= 0.3 is 0 Å². The zero-order chi connectivity index (χ0) is 12.2. The van der Waals surface area contributed by atoms with Crippen molar-refractivity contribution >= 4 is 0 Å². The fourth-order valence-electron chi connectivity index (χ4n) is 2.54. The van der Waals surface area contributed by atoms with Gasteiger partial charge in [0, 0.05) is 19.1 Å². The van der Waals surface area contributed by atoms with Crippen molar-refractivity contribution < 1.29 is 0 Å². The van der Waals surface area contributed by atoms with Crippen LogP contribution in [-0.4, -0.2) is 29.6 Å². The van der Waals surface area contributed by atoms with E-state index in [1.807, 2.05) is 6.92 Å². The van der Waals surface area contributed by atoms with E-state index in [0.717, 1.165) is 6.54 Å². The average Bonchev–Trinajstić information content (AvgIpc) is 2.68. The Morgan fingerprint density at radius 2 is 2.00 bits per heavy atom. The molecule has 0 amide bonds. The van der Waals surface area contributed by atoms with E-state index in [0.29, 0.717) is 18.5 Å². The van der Waals surface area contributed by atoms with Gasteiger partial charge in [-0.1, -0.05) is 26.7 Å². The van der Waals surface area contributed by atoms with Gasteiger partial charge in [-0.15, -0.1) is 0 Å². The minimum Gasteiger partial charge on any atom is -0.313 e. The number of hydrogen-bond acceptors (Lipinski definition) is 3. The van der Waals surface area contributed by atoms with Crippen molar-refractivity contribution in [3.63, 3.8) is 0 Å². The third-order valence-electron chi connectivity index (χ3n) is 3.23. The largest absolute Gasteiger partial charge is 0.313 e. The van der Waals surface area contributed by atoms with Crippen LogP contribution in [0.2, 0.25) is 0 Å². The van der Waals surface area contributed by atoms with Gasteiger partial charge in [0.2, 0.25) is 0 Å². The fourth-order valence-corrected chi connectivity index (χ4v) is 2.54. The van der Waals surface area contributed by atoms with Gasteiger partial charge in [0.25, 0.3) is 0 Å². The van der Waals surface area contributed by atoms with Crippen LogP contribution in [0.4, 0.5) is 0 Å². The molecule has 3 heteroatoms. The van der Waals surface area contributed by atoms with Crippen molar-refractivity contribution in [2.75, 3.05) is 13.1 Å². The van der Waals surface area contributed by atoms with Gasteiger partial charge in [-0.25, -0.2) is 0 Å². The molecule has 1 aliphatic carbocycles. The summed E-state index contributed by atoms with van der Waals surface area (Å²) in [6.45, 7) is 8.03. The van der Waals surface area contributed by atoms with Crippen molar-refractivity contribution in [2.45, 2.75) is 58.0 Å². The van der Waals surface area contributed by atoms with Gasteiger partial charge in [-0.3, -0.25) is 4.90 Å². The lowest BCUT2D eigenvalue weighted by atomic mass is 10.0. The summed E-state index contributed by atoms with van der Waals surface area (Å²) in [6.07, 6.45) is 5.20. The normalized spacial score (nSPS) is 21.3. The first-order valence-corrected chi connectivity index (χ1v) is 6.39. The predicted molar refractivity (Wildman–Crippen MR) is 66.9 cm³/mol. The predicted octanol–water partition coefficient (Wildman–Crippen LogP) is 2.13. The topological polar surface area (TPSA) is 53.0 Å². The summed E-state index contributed by atoms with van der Waals surface area (Å²) in [6, 6.07) is 2.86. The standard InChI is InChI=1S/C13H25N3/c1-11(2)8-16(10-13(3,15)9-14)12-6-4-5-7-12/h11-12H,4-8,10,15H2,1-3H3. The first kappa shape index (κ1) is 13.5. The van der Waals surface area contributed by atoms with E-state index < -0.39 is 5.54 Å². The molecule has 0 aromatic heterocycles. The summed E-state index contributed by atoms with van der Waals surface area (Å²) in [7, 11) is 0. The monoisotopic (exact) mass is 223 g/mol. The molecule has 2 N–H and O–H groups in total. The summed E-state index contributed by atoms with van der Waals surface area (Å²) < 4.78 is 0. The molecule has 0 spiro atoms. The van der Waals surface area contributed by atoms with Crippen LogP contribution in [0, 0.1) is 17.2 Å². The van der Waals surface area contributed by atoms with Crippen LogP contribution in [0.15, 0.2) is 0 Å². The molecular formula is C13H25N3. The summed E-state index contributed by atoms with van der Waals surface area (Å²) in [4.78, 5) is 2.43. The lowest BCUT2D eigenvalue weighted by Gasteiger charge is -2.34. The summed E-state index contributed by atoms with van der Waals surface area (Å²) in [5, 5.41) is 9.02. The van der Waals surface area contributed by atoms with Crippen LogP contribution in [0.3, 0.4) is 0 Å². The minimum atomic E-state index is -0.711. The number of nitrogens with zero attached hydrogens (tertiary/aromatic N) is 2. The maximum absolute atomic E-state index is 9.02. The Balaban J connectivity index is 2.60. The van der Waals surface area contributed by atoms with Crippen molar-refractivity contribution in [1.82, 2.24) is 4.90 Å². The molecule has 1 aliphatic rings. The lowest BCUT2D eigenvalue weighted by Crippen LogP contribution is -2.50. The molecule has 1 saturated carbocycles. The van der Waals surface area contributed by atoms with E-state index in [1.54, 1.807) is 0 Å². The molecule has 0 aliphatic heterocycles. The molecule has 92 valence electrons. The number of rotatable bonds is 5. The number of nitrogens with two attached hydrogens (primary N) is 1. The van der Waals surface area contributed by atoms with Crippen LogP contribution >= 0.6 is 0 Å². The van der Waals surface area contributed by atoms with Crippen molar-refractivity contribution in [3.8, 4) is 6.07 Å². The van der Waals surface area contributed by atoms with Crippen LogP contribution < -0.4 is 5.73 Å². The number of nitriles is 1. The van der Waals surface area contributed by atoms with Gasteiger partial charge in [-0.05, 0) is 25.7 Å². The van der Waals surface area contributed by atoms with Crippen LogP contribution in [0.25, 0.3) is 0 Å². The second-order valence-electron chi connectivity index (χ2n) is 5.79. The Bertz CT molecular complexity index is 246. The Morgan fingerprint density at radius 3 is 2.44 bits per heavy atom. The Labute approximate surface area is 99.6 Å². The molecule has 1 fully saturated rings. The quantitative estimate of drug-likeness (QED) is 0.777. The Morgan fingerprint density at radius 1 is 1.44 bits per heavy atom. The van der Waals surface area contributed by atoms with Crippen molar-refractivity contribution in [1.29, 1.82) is 5.26 Å². The molecule has 1 rings (SSSR count). The first-order chi connectivity index (χ1) is 7.44. The summed E-state index contributed by atoms with van der Waals surface area (Å²) in [5.41, 5.74) is 5.25. The molecule has 0 heterocycles. The molecule has 0 saturated heterocycles. The third-order valence-corrected chi connectivity index (χ3v) is 3.23. The van der Waals surface area contributed by atoms with Gasteiger partial charge in [0.15, 0.2) is 0 Å². The SMILES string of the molecule is CC(C)CN(CC(C)(N)C#N)C1CCCC1. The first-order valence-electron chi connectivity index (χ1n) is 6.39. The average molecular weight is 223 g/mol. The molecule has 0 radical (unpaired) electrons. The fraction of sp³-hybridized carbons (Fsp3) is 0.923. The van der Waals surface area contributed by atoms with Gasteiger partial charge in [-0.2, -0.15) is 5.26 Å². The Hall–Kier alpha value is -0.590. The third kappa shape index (κ3) is 4.11. The molecule has 1 atom stereocenters. The summed E-state index contributed by atoms with van der Waals surface area (Å²) >= 11 is 0. The van der Waals surface area contributed by atoms with E-state index in [2.05, 4.69) is 24.8 Å². The van der Waals surface area contributed by atoms with Crippen LogP contribution in [0.1, 0.15) is 46.5 Å².